The Labute approximate surface area is 122 Å². The van der Waals surface area contributed by atoms with Crippen molar-refractivity contribution in [3.63, 3.8) is 0 Å². The van der Waals surface area contributed by atoms with Crippen LogP contribution in [0.2, 0.25) is 0 Å². The summed E-state index contributed by atoms with van der Waals surface area (Å²) in [4.78, 5) is 0. The number of aryl methyl sites for hydroxylation is 1. The highest BCUT2D eigenvalue weighted by Gasteiger charge is 2.20. The maximum absolute atomic E-state index is 5.82. The van der Waals surface area contributed by atoms with E-state index in [1.165, 1.54) is 31.2 Å². The molecule has 0 bridgehead atoms. The molecule has 20 heavy (non-hydrogen) atoms. The molecule has 0 saturated heterocycles. The standard InChI is InChI=1S/C17H27NO2/c1-13-8-9-16(17(12-13)19-3)20-11-10-18-15-7-5-4-6-14(15)2/h8-9,12,14-15,18H,4-7,10-11H2,1-3H3. The summed E-state index contributed by atoms with van der Waals surface area (Å²) in [5.74, 6) is 2.44. The summed E-state index contributed by atoms with van der Waals surface area (Å²) in [5.41, 5.74) is 1.18. The van der Waals surface area contributed by atoms with E-state index >= 15 is 0 Å². The molecule has 3 heteroatoms. The van der Waals surface area contributed by atoms with Crippen molar-refractivity contribution in [2.24, 2.45) is 5.92 Å². The van der Waals surface area contributed by atoms with Crippen LogP contribution in [0.1, 0.15) is 38.2 Å². The molecule has 0 radical (unpaired) electrons. The molecule has 0 amide bonds. The van der Waals surface area contributed by atoms with Gasteiger partial charge in [-0.05, 0) is 43.4 Å². The van der Waals surface area contributed by atoms with E-state index in [0.29, 0.717) is 12.6 Å². The number of benzene rings is 1. The number of ether oxygens (including phenoxy) is 2. The molecule has 1 fully saturated rings. The molecular weight excluding hydrogens is 250 g/mol. The smallest absolute Gasteiger partial charge is 0.161 e. The van der Waals surface area contributed by atoms with Gasteiger partial charge in [0.15, 0.2) is 11.5 Å². The highest BCUT2D eigenvalue weighted by molar-refractivity contribution is 5.42. The van der Waals surface area contributed by atoms with E-state index in [-0.39, 0.29) is 0 Å². The Bertz CT molecular complexity index is 419. The van der Waals surface area contributed by atoms with Crippen molar-refractivity contribution in [2.75, 3.05) is 20.3 Å². The largest absolute Gasteiger partial charge is 0.493 e. The second-order valence-corrected chi connectivity index (χ2v) is 5.83. The molecule has 2 unspecified atom stereocenters. The highest BCUT2D eigenvalue weighted by atomic mass is 16.5. The number of hydrogen-bond acceptors (Lipinski definition) is 3. The van der Waals surface area contributed by atoms with Gasteiger partial charge in [0.2, 0.25) is 0 Å². The van der Waals surface area contributed by atoms with Crippen LogP contribution in [0.4, 0.5) is 0 Å². The lowest BCUT2D eigenvalue weighted by molar-refractivity contribution is 0.246. The predicted molar refractivity (Wildman–Crippen MR) is 82.6 cm³/mol. The fraction of sp³-hybridized carbons (Fsp3) is 0.647. The lowest BCUT2D eigenvalue weighted by atomic mass is 9.86. The molecule has 1 aliphatic carbocycles. The molecule has 1 aliphatic rings. The van der Waals surface area contributed by atoms with Gasteiger partial charge in [-0.2, -0.15) is 0 Å². The molecular formula is C17H27NO2. The van der Waals surface area contributed by atoms with Gasteiger partial charge in [-0.1, -0.05) is 25.8 Å². The predicted octanol–water partition coefficient (Wildman–Crippen LogP) is 3.55. The summed E-state index contributed by atoms with van der Waals surface area (Å²) in [6, 6.07) is 6.70. The molecule has 1 aromatic rings. The summed E-state index contributed by atoms with van der Waals surface area (Å²) in [6.07, 6.45) is 5.39. The van der Waals surface area contributed by atoms with Crippen LogP contribution < -0.4 is 14.8 Å². The first-order valence-corrected chi connectivity index (χ1v) is 7.71. The second-order valence-electron chi connectivity index (χ2n) is 5.83. The van der Waals surface area contributed by atoms with Crippen LogP contribution in [0.3, 0.4) is 0 Å². The van der Waals surface area contributed by atoms with Gasteiger partial charge in [0.25, 0.3) is 0 Å². The van der Waals surface area contributed by atoms with E-state index in [1.54, 1.807) is 7.11 Å². The van der Waals surface area contributed by atoms with Crippen molar-refractivity contribution in [1.29, 1.82) is 0 Å². The van der Waals surface area contributed by atoms with Gasteiger partial charge < -0.3 is 14.8 Å². The van der Waals surface area contributed by atoms with Gasteiger partial charge in [0.1, 0.15) is 6.61 Å². The monoisotopic (exact) mass is 277 g/mol. The van der Waals surface area contributed by atoms with E-state index in [2.05, 4.69) is 25.2 Å². The minimum Gasteiger partial charge on any atom is -0.493 e. The number of methoxy groups -OCH3 is 1. The Balaban J connectivity index is 1.75. The van der Waals surface area contributed by atoms with E-state index in [1.807, 2.05) is 12.1 Å². The fourth-order valence-electron chi connectivity index (χ4n) is 2.92. The number of hydrogen-bond donors (Lipinski definition) is 1. The Kier molecular flexibility index (Phi) is 5.72. The Morgan fingerprint density at radius 3 is 2.75 bits per heavy atom. The van der Waals surface area contributed by atoms with Crippen LogP contribution >= 0.6 is 0 Å². The fourth-order valence-corrected chi connectivity index (χ4v) is 2.92. The molecule has 2 rings (SSSR count). The van der Waals surface area contributed by atoms with Gasteiger partial charge >= 0.3 is 0 Å². The lowest BCUT2D eigenvalue weighted by Gasteiger charge is -2.29. The first-order chi connectivity index (χ1) is 9.70. The summed E-state index contributed by atoms with van der Waals surface area (Å²) >= 11 is 0. The van der Waals surface area contributed by atoms with E-state index < -0.39 is 0 Å². The van der Waals surface area contributed by atoms with Crippen LogP contribution in [-0.2, 0) is 0 Å². The third kappa shape index (κ3) is 4.14. The molecule has 2 atom stereocenters. The van der Waals surface area contributed by atoms with Crippen LogP contribution in [0.25, 0.3) is 0 Å². The molecule has 112 valence electrons. The molecule has 3 nitrogen and oxygen atoms in total. The van der Waals surface area contributed by atoms with Gasteiger partial charge in [0.05, 0.1) is 7.11 Å². The van der Waals surface area contributed by atoms with Gasteiger partial charge in [-0.3, -0.25) is 0 Å². The second kappa shape index (κ2) is 7.53. The molecule has 0 aromatic heterocycles. The quantitative estimate of drug-likeness (QED) is 0.807. The minimum atomic E-state index is 0.660. The van der Waals surface area contributed by atoms with Crippen LogP contribution in [0.5, 0.6) is 11.5 Å². The van der Waals surface area contributed by atoms with Crippen LogP contribution in [-0.4, -0.2) is 26.3 Å². The Morgan fingerprint density at radius 2 is 2.00 bits per heavy atom. The summed E-state index contributed by atoms with van der Waals surface area (Å²) < 4.78 is 11.2. The van der Waals surface area contributed by atoms with Crippen LogP contribution in [0.15, 0.2) is 18.2 Å². The number of nitrogens with one attached hydrogen (secondary N) is 1. The van der Waals surface area contributed by atoms with E-state index in [0.717, 1.165) is 24.0 Å². The molecule has 1 N–H and O–H groups in total. The van der Waals surface area contributed by atoms with Gasteiger partial charge in [-0.25, -0.2) is 0 Å². The first-order valence-electron chi connectivity index (χ1n) is 7.71. The first kappa shape index (κ1) is 15.2. The molecule has 0 aliphatic heterocycles. The van der Waals surface area contributed by atoms with Crippen molar-refractivity contribution < 1.29 is 9.47 Å². The molecule has 1 saturated carbocycles. The van der Waals surface area contributed by atoms with Crippen molar-refractivity contribution in [2.45, 2.75) is 45.6 Å². The lowest BCUT2D eigenvalue weighted by Crippen LogP contribution is -2.39. The molecule has 1 aromatic carbocycles. The Morgan fingerprint density at radius 1 is 1.20 bits per heavy atom. The topological polar surface area (TPSA) is 30.5 Å². The van der Waals surface area contributed by atoms with Crippen molar-refractivity contribution >= 4 is 0 Å². The zero-order valence-electron chi connectivity index (χ0n) is 12.9. The maximum Gasteiger partial charge on any atom is 0.161 e. The van der Waals surface area contributed by atoms with E-state index in [9.17, 15) is 0 Å². The third-order valence-electron chi connectivity index (χ3n) is 4.20. The van der Waals surface area contributed by atoms with Gasteiger partial charge in [-0.15, -0.1) is 0 Å². The Hall–Kier alpha value is -1.22. The summed E-state index contributed by atoms with van der Waals surface area (Å²) in [6.45, 7) is 5.98. The normalized spacial score (nSPS) is 22.6. The van der Waals surface area contributed by atoms with Gasteiger partial charge in [0, 0.05) is 12.6 Å². The number of rotatable bonds is 6. The van der Waals surface area contributed by atoms with E-state index in [4.69, 9.17) is 9.47 Å². The molecule has 0 spiro atoms. The zero-order chi connectivity index (χ0) is 14.4. The average Bonchev–Trinajstić information content (AvgIpc) is 2.46. The molecule has 0 heterocycles. The third-order valence-corrected chi connectivity index (χ3v) is 4.20. The maximum atomic E-state index is 5.82. The van der Waals surface area contributed by atoms with Crippen molar-refractivity contribution in [3.8, 4) is 11.5 Å². The minimum absolute atomic E-state index is 0.660. The summed E-state index contributed by atoms with van der Waals surface area (Å²) in [7, 11) is 1.68. The SMILES string of the molecule is COc1cc(C)ccc1OCCNC1CCCCC1C. The van der Waals surface area contributed by atoms with Crippen molar-refractivity contribution in [1.82, 2.24) is 5.32 Å². The van der Waals surface area contributed by atoms with Crippen molar-refractivity contribution in [3.05, 3.63) is 23.8 Å². The van der Waals surface area contributed by atoms with Crippen LogP contribution in [0, 0.1) is 12.8 Å². The highest BCUT2D eigenvalue weighted by Crippen LogP contribution is 2.27. The average molecular weight is 277 g/mol. The summed E-state index contributed by atoms with van der Waals surface area (Å²) in [5, 5.41) is 3.62. The zero-order valence-corrected chi connectivity index (χ0v) is 12.9.